The van der Waals surface area contributed by atoms with Crippen LogP contribution in [0.25, 0.3) is 16.7 Å². The first kappa shape index (κ1) is 24.4. The van der Waals surface area contributed by atoms with Crippen LogP contribution >= 0.6 is 0 Å². The number of carbonyl (C=O) groups excluding carboxylic acids is 1. The summed E-state index contributed by atoms with van der Waals surface area (Å²) in [5.74, 6) is 1.02. The van der Waals surface area contributed by atoms with Crippen molar-refractivity contribution in [1.82, 2.24) is 24.2 Å². The monoisotopic (exact) mass is 549 g/mol. The Hall–Kier alpha value is -4.44. The molecule has 41 heavy (non-hydrogen) atoms. The minimum atomic E-state index is -0.163. The number of allylic oxidation sites excluding steroid dienone is 2. The lowest BCUT2D eigenvalue weighted by Crippen LogP contribution is -2.39. The fourth-order valence-corrected chi connectivity index (χ4v) is 6.68. The lowest BCUT2D eigenvalue weighted by atomic mass is 9.87. The Balaban J connectivity index is 1.24. The van der Waals surface area contributed by atoms with Crippen molar-refractivity contribution in [2.24, 2.45) is 0 Å². The molecule has 8 rings (SSSR count). The lowest BCUT2D eigenvalue weighted by Gasteiger charge is -2.32. The van der Waals surface area contributed by atoms with Gasteiger partial charge in [0.05, 0.1) is 17.9 Å². The van der Waals surface area contributed by atoms with Crippen LogP contribution in [0, 0.1) is 0 Å². The van der Waals surface area contributed by atoms with E-state index in [4.69, 9.17) is 9.72 Å². The first-order valence-electron chi connectivity index (χ1n) is 14.3. The highest BCUT2D eigenvalue weighted by atomic mass is 16.5. The van der Waals surface area contributed by atoms with Crippen LogP contribution in [0.1, 0.15) is 36.8 Å². The van der Waals surface area contributed by atoms with Crippen LogP contribution in [0.2, 0.25) is 0 Å². The number of rotatable bonds is 2. The molecule has 1 fully saturated rings. The number of likely N-dealkylation sites (N-methyl/N-ethyl adjacent to an activating group) is 1. The van der Waals surface area contributed by atoms with E-state index in [9.17, 15) is 9.59 Å². The standard InChI is InChI=1S/C31H31N7O3/c1-35-17-20-6-7-21(14-24(20)31(19-35)10-11-31)33-30-32-16-23-28(34-30)38-22-8-9-26-25(15-22)36(27(39)18-41-26)12-4-2-3-5-13-37(38)29(23)40/h3,5-9,14-16H,2,4,10-13,17-19H2,1H3,(H,32,33,34). The Kier molecular flexibility index (Phi) is 5.37. The van der Waals surface area contributed by atoms with Crippen molar-refractivity contribution < 1.29 is 9.53 Å². The van der Waals surface area contributed by atoms with Gasteiger partial charge >= 0.3 is 0 Å². The number of benzene rings is 2. The average Bonchev–Trinajstić information content (AvgIpc) is 3.67. The molecule has 2 aromatic heterocycles. The van der Waals surface area contributed by atoms with E-state index in [2.05, 4.69) is 46.5 Å². The van der Waals surface area contributed by atoms with E-state index < -0.39 is 0 Å². The van der Waals surface area contributed by atoms with E-state index >= 15 is 0 Å². The van der Waals surface area contributed by atoms with Gasteiger partial charge in [0, 0.05) is 36.9 Å². The minimum absolute atomic E-state index is 0.0299. The predicted octanol–water partition coefficient (Wildman–Crippen LogP) is 3.88. The summed E-state index contributed by atoms with van der Waals surface area (Å²) in [6, 6.07) is 12.2. The number of carbonyl (C=O) groups is 1. The number of fused-ring (bicyclic) bond motifs is 7. The molecule has 2 aromatic carbocycles. The van der Waals surface area contributed by atoms with Crippen molar-refractivity contribution in [3.8, 4) is 11.4 Å². The fourth-order valence-electron chi connectivity index (χ4n) is 6.68. The van der Waals surface area contributed by atoms with Gasteiger partial charge < -0.3 is 19.9 Å². The summed E-state index contributed by atoms with van der Waals surface area (Å²) in [4.78, 5) is 39.9. The van der Waals surface area contributed by atoms with Crippen molar-refractivity contribution in [2.75, 3.05) is 37.0 Å². The van der Waals surface area contributed by atoms with E-state index in [0.29, 0.717) is 41.5 Å². The molecule has 1 saturated carbocycles. The molecule has 4 aliphatic rings. The van der Waals surface area contributed by atoms with E-state index in [1.165, 1.54) is 24.0 Å². The number of amides is 1. The summed E-state index contributed by atoms with van der Waals surface area (Å²) >= 11 is 0. The second-order valence-corrected chi connectivity index (χ2v) is 11.7. The van der Waals surface area contributed by atoms with Crippen LogP contribution in [0.4, 0.5) is 17.3 Å². The fraction of sp³-hybridized carbons (Fsp3) is 0.355. The minimum Gasteiger partial charge on any atom is -0.482 e. The third-order valence-corrected chi connectivity index (χ3v) is 8.81. The highest BCUT2D eigenvalue weighted by Crippen LogP contribution is 2.52. The van der Waals surface area contributed by atoms with Crippen molar-refractivity contribution in [3.05, 3.63) is 76.2 Å². The molecule has 208 valence electrons. The van der Waals surface area contributed by atoms with Gasteiger partial charge in [0.2, 0.25) is 5.95 Å². The van der Waals surface area contributed by atoms with Gasteiger partial charge in [-0.3, -0.25) is 9.59 Å². The van der Waals surface area contributed by atoms with Crippen LogP contribution in [0.15, 0.2) is 59.5 Å². The van der Waals surface area contributed by atoms with Gasteiger partial charge in [0.25, 0.3) is 11.5 Å². The van der Waals surface area contributed by atoms with Crippen LogP contribution < -0.4 is 20.5 Å². The maximum Gasteiger partial charge on any atom is 0.278 e. The average molecular weight is 550 g/mol. The Morgan fingerprint density at radius 1 is 1.07 bits per heavy atom. The molecule has 1 spiro atoms. The first-order valence-corrected chi connectivity index (χ1v) is 14.3. The Labute approximate surface area is 236 Å². The predicted molar refractivity (Wildman–Crippen MR) is 156 cm³/mol. The number of nitrogens with one attached hydrogen (secondary N) is 1. The zero-order valence-electron chi connectivity index (χ0n) is 23.0. The van der Waals surface area contributed by atoms with Crippen LogP contribution in [0.3, 0.4) is 0 Å². The number of anilines is 3. The number of hydrogen-bond donors (Lipinski definition) is 1. The summed E-state index contributed by atoms with van der Waals surface area (Å²) < 4.78 is 9.23. The van der Waals surface area contributed by atoms with E-state index in [1.807, 2.05) is 29.0 Å². The van der Waals surface area contributed by atoms with Gasteiger partial charge in [-0.25, -0.2) is 14.3 Å². The molecular formula is C31H31N7O3. The maximum atomic E-state index is 13.6. The Morgan fingerprint density at radius 2 is 1.98 bits per heavy atom. The largest absolute Gasteiger partial charge is 0.482 e. The highest BCUT2D eigenvalue weighted by Gasteiger charge is 2.48. The van der Waals surface area contributed by atoms with Gasteiger partial charge in [-0.15, -0.1) is 0 Å². The van der Waals surface area contributed by atoms with Crippen molar-refractivity contribution in [3.63, 3.8) is 0 Å². The third-order valence-electron chi connectivity index (χ3n) is 8.81. The van der Waals surface area contributed by atoms with Gasteiger partial charge in [-0.1, -0.05) is 18.2 Å². The summed E-state index contributed by atoms with van der Waals surface area (Å²) in [7, 11) is 2.19. The van der Waals surface area contributed by atoms with Crippen LogP contribution in [-0.2, 0) is 23.3 Å². The Bertz CT molecular complexity index is 1820. The summed E-state index contributed by atoms with van der Waals surface area (Å²) in [5.41, 5.74) is 5.80. The molecule has 4 aromatic rings. The van der Waals surface area contributed by atoms with Gasteiger partial charge in [0.15, 0.2) is 12.3 Å². The normalized spacial score (nSPS) is 19.2. The van der Waals surface area contributed by atoms with Crippen molar-refractivity contribution in [1.29, 1.82) is 0 Å². The number of hydrogen-bond acceptors (Lipinski definition) is 7. The molecule has 0 saturated heterocycles. The molecule has 0 atom stereocenters. The second kappa shape index (κ2) is 9.04. The molecule has 3 aliphatic heterocycles. The lowest BCUT2D eigenvalue weighted by molar-refractivity contribution is -0.121. The molecule has 10 heteroatoms. The molecule has 1 amide bonds. The molecule has 1 aliphatic carbocycles. The zero-order valence-corrected chi connectivity index (χ0v) is 23.0. The molecular weight excluding hydrogens is 518 g/mol. The van der Waals surface area contributed by atoms with Crippen LogP contribution in [-0.4, -0.2) is 56.9 Å². The quantitative estimate of drug-likeness (QED) is 0.379. The molecule has 2 bridgehead atoms. The van der Waals surface area contributed by atoms with Crippen molar-refractivity contribution >= 4 is 34.3 Å². The zero-order chi connectivity index (χ0) is 27.7. The van der Waals surface area contributed by atoms with E-state index in [-0.39, 0.29) is 23.5 Å². The van der Waals surface area contributed by atoms with Gasteiger partial charge in [0.1, 0.15) is 11.1 Å². The SMILES string of the molecule is CN1Cc2ccc(Nc3ncc4c(=O)n5n(c4n3)-c3ccc4c(c3)N(CCCC=CC5)C(=O)CO4)cc2C2(CC2)C1. The van der Waals surface area contributed by atoms with Gasteiger partial charge in [-0.05, 0) is 74.2 Å². The smallest absolute Gasteiger partial charge is 0.278 e. The van der Waals surface area contributed by atoms with Crippen LogP contribution in [0.5, 0.6) is 5.75 Å². The number of nitrogens with zero attached hydrogens (tertiary/aromatic N) is 6. The molecule has 1 N–H and O–H groups in total. The van der Waals surface area contributed by atoms with E-state index in [0.717, 1.165) is 37.3 Å². The van der Waals surface area contributed by atoms with Crippen molar-refractivity contribution in [2.45, 2.75) is 44.2 Å². The maximum absolute atomic E-state index is 13.6. The topological polar surface area (TPSA) is 97.5 Å². The number of ether oxygens (including phenoxy) is 1. The molecule has 5 heterocycles. The first-order chi connectivity index (χ1) is 20.0. The molecule has 0 radical (unpaired) electrons. The molecule has 10 nitrogen and oxygen atoms in total. The second-order valence-electron chi connectivity index (χ2n) is 11.7. The summed E-state index contributed by atoms with van der Waals surface area (Å²) in [5, 5.41) is 3.84. The third kappa shape index (κ3) is 3.96. The number of aromatic nitrogens is 4. The van der Waals surface area contributed by atoms with Gasteiger partial charge in [-0.2, -0.15) is 4.98 Å². The summed E-state index contributed by atoms with van der Waals surface area (Å²) in [6.07, 6.45) is 9.74. The highest BCUT2D eigenvalue weighted by molar-refractivity contribution is 5.98. The summed E-state index contributed by atoms with van der Waals surface area (Å²) in [6.45, 7) is 3.09. The van der Waals surface area contributed by atoms with E-state index in [1.54, 1.807) is 15.8 Å². The Morgan fingerprint density at radius 3 is 2.85 bits per heavy atom. The molecule has 0 unspecified atom stereocenters.